The van der Waals surface area contributed by atoms with Crippen LogP contribution < -0.4 is 26.5 Å². The molecule has 11 nitrogen and oxygen atoms in total. The van der Waals surface area contributed by atoms with Crippen molar-refractivity contribution in [3.63, 3.8) is 0 Å². The lowest BCUT2D eigenvalue weighted by Gasteiger charge is -2.33. The van der Waals surface area contributed by atoms with E-state index in [0.29, 0.717) is 64.8 Å². The Balaban J connectivity index is 1.51. The summed E-state index contributed by atoms with van der Waals surface area (Å²) in [4.78, 5) is 25.3. The number of piperazine rings is 1. The van der Waals surface area contributed by atoms with Crippen LogP contribution in [0.3, 0.4) is 0 Å². The lowest BCUT2D eigenvalue weighted by molar-refractivity contribution is -0.990. The van der Waals surface area contributed by atoms with Gasteiger partial charge in [-0.25, -0.2) is 15.2 Å². The Morgan fingerprint density at radius 1 is 1.08 bits per heavy atom. The summed E-state index contributed by atoms with van der Waals surface area (Å²) >= 11 is 12.6. The maximum atomic E-state index is 12.8. The van der Waals surface area contributed by atoms with Crippen LogP contribution in [0.2, 0.25) is 10.0 Å². The number of nitrogens with two attached hydrogens (primary N) is 1. The van der Waals surface area contributed by atoms with Gasteiger partial charge in [-0.15, -0.1) is 0 Å². The molecule has 1 amide bonds. The molecule has 1 saturated heterocycles. The largest absolute Gasteiger partial charge is 0.595 e. The average molecular weight is 533 g/mol. The first kappa shape index (κ1) is 25.9. The van der Waals surface area contributed by atoms with E-state index in [0.717, 1.165) is 6.54 Å². The number of aromatic nitrogens is 2. The van der Waals surface area contributed by atoms with Crippen LogP contribution in [0.25, 0.3) is 11.3 Å². The third kappa shape index (κ3) is 5.95. The minimum atomic E-state index is -1.13. The van der Waals surface area contributed by atoms with Gasteiger partial charge in [-0.05, 0) is 43.4 Å². The number of amides is 1. The van der Waals surface area contributed by atoms with Gasteiger partial charge in [-0.2, -0.15) is 5.23 Å². The van der Waals surface area contributed by atoms with Crippen LogP contribution in [0.4, 0.5) is 28.8 Å². The molecule has 6 N–H and O–H groups in total. The zero-order valence-corrected chi connectivity index (χ0v) is 21.0. The number of carbonyl (C=O) groups is 1. The topological polar surface area (TPSA) is 147 Å². The summed E-state index contributed by atoms with van der Waals surface area (Å²) in [5.74, 6) is 0.991. The van der Waals surface area contributed by atoms with Crippen molar-refractivity contribution in [2.75, 3.05) is 61.0 Å². The molecule has 3 aromatic rings. The van der Waals surface area contributed by atoms with E-state index >= 15 is 0 Å². The highest BCUT2D eigenvalue weighted by molar-refractivity contribution is 6.36. The molecule has 36 heavy (non-hydrogen) atoms. The fourth-order valence-corrected chi connectivity index (χ4v) is 4.33. The molecule has 2 aromatic heterocycles. The number of pyridine rings is 2. The molecule has 1 aliphatic rings. The lowest BCUT2D eigenvalue weighted by atomic mass is 10.1. The molecular formula is C23H26Cl2N8O3. The molecule has 1 atom stereocenters. The van der Waals surface area contributed by atoms with Gasteiger partial charge in [0.15, 0.2) is 5.82 Å². The second kappa shape index (κ2) is 11.2. The first-order valence-electron chi connectivity index (χ1n) is 11.2. The zero-order chi connectivity index (χ0) is 25.8. The summed E-state index contributed by atoms with van der Waals surface area (Å²) in [5, 5.41) is 26.3. The van der Waals surface area contributed by atoms with Crippen molar-refractivity contribution < 1.29 is 15.2 Å². The van der Waals surface area contributed by atoms with Crippen molar-refractivity contribution >= 4 is 57.9 Å². The molecule has 1 aliphatic heterocycles. The summed E-state index contributed by atoms with van der Waals surface area (Å²) in [6.45, 7) is 2.57. The van der Waals surface area contributed by atoms with Gasteiger partial charge < -0.3 is 26.5 Å². The minimum Gasteiger partial charge on any atom is -0.595 e. The van der Waals surface area contributed by atoms with E-state index in [1.165, 1.54) is 6.07 Å². The highest BCUT2D eigenvalue weighted by Gasteiger charge is 2.26. The molecule has 190 valence electrons. The minimum absolute atomic E-state index is 0.0116. The number of benzene rings is 1. The molecule has 1 unspecified atom stereocenters. The number of hydrogen-bond donors (Lipinski definition) is 5. The predicted molar refractivity (Wildman–Crippen MR) is 141 cm³/mol. The molecule has 0 aliphatic carbocycles. The van der Waals surface area contributed by atoms with Crippen LogP contribution in [-0.2, 0) is 4.79 Å². The maximum Gasteiger partial charge on any atom is 0.241 e. The molecular weight excluding hydrogens is 507 g/mol. The van der Waals surface area contributed by atoms with E-state index in [1.54, 1.807) is 29.2 Å². The summed E-state index contributed by atoms with van der Waals surface area (Å²) in [6, 6.07) is 11.8. The second-order valence-electron chi connectivity index (χ2n) is 8.26. The summed E-state index contributed by atoms with van der Waals surface area (Å²) in [6.07, 6.45) is 0. The van der Waals surface area contributed by atoms with Crippen molar-refractivity contribution in [3.05, 3.63) is 57.7 Å². The Hall–Kier alpha value is -3.19. The molecule has 13 heteroatoms. The number of anilines is 4. The van der Waals surface area contributed by atoms with Gasteiger partial charge in [0, 0.05) is 42.8 Å². The third-order valence-electron chi connectivity index (χ3n) is 5.65. The summed E-state index contributed by atoms with van der Waals surface area (Å²) in [7, 11) is 1.91. The number of carbonyl (C=O) groups excluding carboxylic acids is 1. The molecule has 3 heterocycles. The van der Waals surface area contributed by atoms with Crippen LogP contribution in [0.15, 0.2) is 42.5 Å². The van der Waals surface area contributed by atoms with Gasteiger partial charge in [0.1, 0.15) is 11.6 Å². The monoisotopic (exact) mass is 532 g/mol. The number of hydrogen-bond acceptors (Lipinski definition) is 9. The van der Waals surface area contributed by atoms with Crippen LogP contribution in [0.1, 0.15) is 0 Å². The van der Waals surface area contributed by atoms with Gasteiger partial charge >= 0.3 is 0 Å². The highest BCUT2D eigenvalue weighted by atomic mass is 35.5. The van der Waals surface area contributed by atoms with Crippen molar-refractivity contribution in [3.8, 4) is 11.3 Å². The van der Waals surface area contributed by atoms with Crippen LogP contribution in [0, 0.1) is 5.21 Å². The maximum absolute atomic E-state index is 12.8. The smallest absolute Gasteiger partial charge is 0.241 e. The van der Waals surface area contributed by atoms with Gasteiger partial charge in [-0.1, -0.05) is 23.2 Å². The average Bonchev–Trinajstić information content (AvgIpc) is 2.82. The van der Waals surface area contributed by atoms with Gasteiger partial charge in [-0.3, -0.25) is 9.69 Å². The Morgan fingerprint density at radius 3 is 2.42 bits per heavy atom. The molecule has 0 radical (unpaired) electrons. The fourth-order valence-electron chi connectivity index (χ4n) is 3.83. The van der Waals surface area contributed by atoms with E-state index in [1.807, 2.05) is 24.1 Å². The van der Waals surface area contributed by atoms with Crippen molar-refractivity contribution in [2.24, 2.45) is 0 Å². The summed E-state index contributed by atoms with van der Waals surface area (Å²) in [5.41, 5.74) is 7.57. The third-order valence-corrected chi connectivity index (χ3v) is 6.20. The van der Waals surface area contributed by atoms with Crippen LogP contribution in [-0.4, -0.2) is 65.8 Å². The van der Waals surface area contributed by atoms with Crippen molar-refractivity contribution in [2.45, 2.75) is 0 Å². The quantitative estimate of drug-likeness (QED) is 0.217. The molecule has 1 fully saturated rings. The van der Waals surface area contributed by atoms with Gasteiger partial charge in [0.2, 0.25) is 11.6 Å². The van der Waals surface area contributed by atoms with Crippen LogP contribution >= 0.6 is 23.2 Å². The van der Waals surface area contributed by atoms with Gasteiger partial charge in [0.05, 0.1) is 22.9 Å². The Bertz CT molecular complexity index is 1260. The van der Waals surface area contributed by atoms with E-state index in [2.05, 4.69) is 15.6 Å². The Morgan fingerprint density at radius 2 is 1.78 bits per heavy atom. The molecule has 0 bridgehead atoms. The SMILES string of the molecule is CN1CCN(c2ccc(NCCNc3ccc([NH+]([O-])O)c(N)n3)nc2-c2ccc(Cl)cc2Cl)C(=O)C1. The normalized spacial score (nSPS) is 15.1. The predicted octanol–water partition coefficient (Wildman–Crippen LogP) is 2.24. The number of likely N-dealkylation sites (N-methyl/N-ethyl adjacent to an activating group) is 1. The molecule has 0 saturated carbocycles. The number of rotatable bonds is 8. The number of quaternary nitrogens is 1. The van der Waals surface area contributed by atoms with Crippen molar-refractivity contribution in [1.29, 1.82) is 0 Å². The lowest BCUT2D eigenvalue weighted by Crippen LogP contribution is -2.99. The highest BCUT2D eigenvalue weighted by Crippen LogP contribution is 2.36. The Kier molecular flexibility index (Phi) is 8.09. The molecule has 0 spiro atoms. The number of halogens is 2. The van der Waals surface area contributed by atoms with E-state index in [-0.39, 0.29) is 17.4 Å². The van der Waals surface area contributed by atoms with E-state index in [4.69, 9.17) is 39.1 Å². The number of nitrogen functional groups attached to an aromatic ring is 1. The number of nitrogens with one attached hydrogen (secondary N) is 3. The molecule has 1 aromatic carbocycles. The van der Waals surface area contributed by atoms with Gasteiger partial charge in [0.25, 0.3) is 0 Å². The zero-order valence-electron chi connectivity index (χ0n) is 19.5. The second-order valence-corrected chi connectivity index (χ2v) is 9.10. The number of nitrogens with zero attached hydrogens (tertiary/aromatic N) is 4. The van der Waals surface area contributed by atoms with Crippen molar-refractivity contribution in [1.82, 2.24) is 14.9 Å². The molecule has 4 rings (SSSR count). The van der Waals surface area contributed by atoms with E-state index in [9.17, 15) is 10.0 Å². The Labute approximate surface area is 218 Å². The first-order valence-corrected chi connectivity index (χ1v) is 11.9. The van der Waals surface area contributed by atoms with Crippen LogP contribution in [0.5, 0.6) is 0 Å². The standard InChI is InChI=1S/C23H26Cl2N8O3/c1-31-10-11-32(21(34)13-31)17-4-6-19(29-22(17)15-3-2-14(24)12-16(15)25)27-8-9-28-20-7-5-18(33(35)36)23(26)30-20/h2-7,12,33,35H,8-11,13H2,1H3,(H,27,29)(H3,26,28,30). The van der Waals surface area contributed by atoms with E-state index < -0.39 is 5.23 Å². The first-order chi connectivity index (χ1) is 17.2. The summed E-state index contributed by atoms with van der Waals surface area (Å²) < 4.78 is 0. The fraction of sp³-hybridized carbons (Fsp3) is 0.261.